The molecule has 0 aliphatic heterocycles. The summed E-state index contributed by atoms with van der Waals surface area (Å²) in [5.74, 6) is 0. The number of methoxy groups -OCH3 is 1. The molecule has 0 radical (unpaired) electrons. The van der Waals surface area contributed by atoms with Crippen molar-refractivity contribution < 1.29 is 4.74 Å². The minimum Gasteiger partial charge on any atom is -0.383 e. The molecule has 0 aromatic heterocycles. The molecule has 4 heteroatoms. The third-order valence-electron chi connectivity index (χ3n) is 2.12. The predicted octanol–water partition coefficient (Wildman–Crippen LogP) is 3.29. The molecule has 0 saturated carbocycles. The molecule has 1 aromatic rings. The van der Waals surface area contributed by atoms with E-state index >= 15 is 0 Å². The maximum Gasteiger partial charge on any atom is 0.0658 e. The Hall–Kier alpha value is -0.280. The number of hydrogen-bond acceptors (Lipinski definition) is 2. The van der Waals surface area contributed by atoms with E-state index in [1.54, 1.807) is 13.2 Å². The van der Waals surface area contributed by atoms with Crippen LogP contribution in [-0.4, -0.2) is 20.3 Å². The molecular weight excluding hydrogens is 233 g/mol. The average molecular weight is 248 g/mol. The second-order valence-corrected chi connectivity index (χ2v) is 4.08. The van der Waals surface area contributed by atoms with E-state index in [0.29, 0.717) is 16.7 Å². The molecule has 1 unspecified atom stereocenters. The fourth-order valence-electron chi connectivity index (χ4n) is 1.46. The second kappa shape index (κ2) is 6.33. The highest BCUT2D eigenvalue weighted by atomic mass is 35.5. The molecule has 0 aliphatic rings. The smallest absolute Gasteiger partial charge is 0.0658 e. The van der Waals surface area contributed by atoms with Crippen LogP contribution in [0.3, 0.4) is 0 Å². The van der Waals surface area contributed by atoms with Crippen molar-refractivity contribution in [1.82, 2.24) is 5.32 Å². The summed E-state index contributed by atoms with van der Waals surface area (Å²) < 4.78 is 5.14. The van der Waals surface area contributed by atoms with E-state index in [2.05, 4.69) is 5.32 Å². The van der Waals surface area contributed by atoms with Crippen LogP contribution in [-0.2, 0) is 4.74 Å². The Kier molecular flexibility index (Phi) is 5.40. The van der Waals surface area contributed by atoms with Gasteiger partial charge in [0.15, 0.2) is 0 Å². The lowest BCUT2D eigenvalue weighted by Gasteiger charge is -2.18. The van der Waals surface area contributed by atoms with Crippen LogP contribution in [0.1, 0.15) is 18.5 Å². The summed E-state index contributed by atoms with van der Waals surface area (Å²) in [5, 5.41) is 4.63. The Morgan fingerprint density at radius 3 is 2.67 bits per heavy atom. The first-order valence-corrected chi connectivity index (χ1v) is 5.62. The van der Waals surface area contributed by atoms with Crippen molar-refractivity contribution in [2.24, 2.45) is 0 Å². The van der Waals surface area contributed by atoms with Crippen molar-refractivity contribution in [2.45, 2.75) is 13.0 Å². The highest BCUT2D eigenvalue weighted by Crippen LogP contribution is 2.26. The minimum atomic E-state index is 0.116. The van der Waals surface area contributed by atoms with Crippen molar-refractivity contribution in [3.05, 3.63) is 33.8 Å². The SMILES string of the molecule is CCNC(COC)c1ccc(Cl)cc1Cl. The lowest BCUT2D eigenvalue weighted by molar-refractivity contribution is 0.168. The Morgan fingerprint density at radius 2 is 2.13 bits per heavy atom. The Bertz CT molecular complexity index is 311. The van der Waals surface area contributed by atoms with Gasteiger partial charge in [-0.1, -0.05) is 36.2 Å². The molecule has 0 heterocycles. The van der Waals surface area contributed by atoms with Crippen LogP contribution in [0.5, 0.6) is 0 Å². The summed E-state index contributed by atoms with van der Waals surface area (Å²) in [6.45, 7) is 3.51. The van der Waals surface area contributed by atoms with Crippen LogP contribution < -0.4 is 5.32 Å². The number of likely N-dealkylation sites (N-methyl/N-ethyl adjacent to an activating group) is 1. The summed E-state index contributed by atoms with van der Waals surface area (Å²) in [6, 6.07) is 5.63. The number of rotatable bonds is 5. The van der Waals surface area contributed by atoms with Gasteiger partial charge in [-0.25, -0.2) is 0 Å². The average Bonchev–Trinajstić information content (AvgIpc) is 2.17. The monoisotopic (exact) mass is 247 g/mol. The number of nitrogens with one attached hydrogen (secondary N) is 1. The van der Waals surface area contributed by atoms with Gasteiger partial charge in [-0.3, -0.25) is 0 Å². The quantitative estimate of drug-likeness (QED) is 0.863. The number of hydrogen-bond donors (Lipinski definition) is 1. The van der Waals surface area contributed by atoms with Crippen LogP contribution in [0.2, 0.25) is 10.0 Å². The van der Waals surface area contributed by atoms with Crippen LogP contribution >= 0.6 is 23.2 Å². The first-order valence-electron chi connectivity index (χ1n) is 4.86. The summed E-state index contributed by atoms with van der Waals surface area (Å²) >= 11 is 12.0. The van der Waals surface area contributed by atoms with Crippen molar-refractivity contribution >= 4 is 23.2 Å². The van der Waals surface area contributed by atoms with E-state index in [0.717, 1.165) is 12.1 Å². The van der Waals surface area contributed by atoms with Crippen molar-refractivity contribution in [2.75, 3.05) is 20.3 Å². The zero-order chi connectivity index (χ0) is 11.3. The maximum absolute atomic E-state index is 6.12. The molecule has 1 atom stereocenters. The van der Waals surface area contributed by atoms with Gasteiger partial charge in [0.05, 0.1) is 12.6 Å². The van der Waals surface area contributed by atoms with Gasteiger partial charge in [-0.2, -0.15) is 0 Å². The van der Waals surface area contributed by atoms with Crippen molar-refractivity contribution in [3.63, 3.8) is 0 Å². The van der Waals surface area contributed by atoms with E-state index in [-0.39, 0.29) is 6.04 Å². The summed E-state index contributed by atoms with van der Waals surface area (Å²) in [7, 11) is 1.67. The van der Waals surface area contributed by atoms with E-state index in [9.17, 15) is 0 Å². The molecule has 0 aliphatic carbocycles. The minimum absolute atomic E-state index is 0.116. The molecule has 0 bridgehead atoms. The van der Waals surface area contributed by atoms with E-state index in [1.807, 2.05) is 19.1 Å². The fraction of sp³-hybridized carbons (Fsp3) is 0.455. The molecule has 1 aromatic carbocycles. The predicted molar refractivity (Wildman–Crippen MR) is 64.8 cm³/mol. The topological polar surface area (TPSA) is 21.3 Å². The van der Waals surface area contributed by atoms with Gasteiger partial charge >= 0.3 is 0 Å². The third kappa shape index (κ3) is 3.65. The Balaban J connectivity index is 2.89. The zero-order valence-corrected chi connectivity index (χ0v) is 10.4. The van der Waals surface area contributed by atoms with Gasteiger partial charge in [-0.15, -0.1) is 0 Å². The molecule has 1 rings (SSSR count). The molecule has 84 valence electrons. The Morgan fingerprint density at radius 1 is 1.40 bits per heavy atom. The fourth-order valence-corrected chi connectivity index (χ4v) is 2.00. The van der Waals surface area contributed by atoms with Gasteiger partial charge in [-0.05, 0) is 24.2 Å². The van der Waals surface area contributed by atoms with Crippen molar-refractivity contribution in [3.8, 4) is 0 Å². The summed E-state index contributed by atoms with van der Waals surface area (Å²) in [5.41, 5.74) is 1.02. The highest BCUT2D eigenvalue weighted by Gasteiger charge is 2.13. The molecular formula is C11H15Cl2NO. The molecule has 0 spiro atoms. The second-order valence-electron chi connectivity index (χ2n) is 3.23. The first-order chi connectivity index (χ1) is 7.19. The van der Waals surface area contributed by atoms with Gasteiger partial charge in [0.1, 0.15) is 0 Å². The number of ether oxygens (including phenoxy) is 1. The van der Waals surface area contributed by atoms with Crippen LogP contribution in [0.15, 0.2) is 18.2 Å². The Labute approximate surface area is 101 Å². The summed E-state index contributed by atoms with van der Waals surface area (Å²) in [4.78, 5) is 0. The number of halogens is 2. The van der Waals surface area contributed by atoms with E-state index in [4.69, 9.17) is 27.9 Å². The van der Waals surface area contributed by atoms with Crippen LogP contribution in [0.4, 0.5) is 0 Å². The largest absolute Gasteiger partial charge is 0.383 e. The van der Waals surface area contributed by atoms with Gasteiger partial charge in [0.2, 0.25) is 0 Å². The normalized spacial score (nSPS) is 12.8. The maximum atomic E-state index is 6.12. The van der Waals surface area contributed by atoms with Crippen LogP contribution in [0, 0.1) is 0 Å². The first kappa shape index (κ1) is 12.8. The van der Waals surface area contributed by atoms with Gasteiger partial charge in [0.25, 0.3) is 0 Å². The lowest BCUT2D eigenvalue weighted by atomic mass is 10.1. The molecule has 2 nitrogen and oxygen atoms in total. The zero-order valence-electron chi connectivity index (χ0n) is 8.89. The third-order valence-corrected chi connectivity index (χ3v) is 2.68. The molecule has 15 heavy (non-hydrogen) atoms. The van der Waals surface area contributed by atoms with E-state index < -0.39 is 0 Å². The summed E-state index contributed by atoms with van der Waals surface area (Å²) in [6.07, 6.45) is 0. The molecule has 0 saturated heterocycles. The standard InChI is InChI=1S/C11H15Cl2NO/c1-3-14-11(7-15-2)9-5-4-8(12)6-10(9)13/h4-6,11,14H,3,7H2,1-2H3. The van der Waals surface area contributed by atoms with Crippen LogP contribution in [0.25, 0.3) is 0 Å². The molecule has 0 fully saturated rings. The van der Waals surface area contributed by atoms with Crippen molar-refractivity contribution in [1.29, 1.82) is 0 Å². The molecule has 0 amide bonds. The highest BCUT2D eigenvalue weighted by molar-refractivity contribution is 6.35. The van der Waals surface area contributed by atoms with Gasteiger partial charge in [0, 0.05) is 17.2 Å². The molecule has 1 N–H and O–H groups in total. The van der Waals surface area contributed by atoms with E-state index in [1.165, 1.54) is 0 Å². The lowest BCUT2D eigenvalue weighted by Crippen LogP contribution is -2.25. The van der Waals surface area contributed by atoms with Gasteiger partial charge < -0.3 is 10.1 Å². The number of benzene rings is 1.